The molecule has 1 aliphatic carbocycles. The Hall–Kier alpha value is -1.79. The van der Waals surface area contributed by atoms with E-state index in [-0.39, 0.29) is 5.92 Å². The molecule has 1 aromatic heterocycles. The van der Waals surface area contributed by atoms with Gasteiger partial charge in [0, 0.05) is 42.1 Å². The van der Waals surface area contributed by atoms with E-state index in [1.165, 1.54) is 30.6 Å². The highest BCUT2D eigenvalue weighted by Gasteiger charge is 2.30. The van der Waals surface area contributed by atoms with Crippen molar-refractivity contribution in [3.8, 4) is 5.75 Å². The molecule has 1 aliphatic heterocycles. The van der Waals surface area contributed by atoms with Crippen LogP contribution in [0.2, 0.25) is 0 Å². The molecule has 0 bridgehead atoms. The van der Waals surface area contributed by atoms with E-state index in [1.807, 2.05) is 18.3 Å². The number of benzene rings is 1. The number of hydrogen-bond acceptors (Lipinski definition) is 5. The first-order valence-electron chi connectivity index (χ1n) is 12.1. The maximum atomic E-state index is 11.5. The molecule has 1 aromatic carbocycles. The number of rotatable bonds is 11. The van der Waals surface area contributed by atoms with Crippen molar-refractivity contribution < 1.29 is 14.6 Å². The summed E-state index contributed by atoms with van der Waals surface area (Å²) in [7, 11) is 1.69. The van der Waals surface area contributed by atoms with Gasteiger partial charge in [0.2, 0.25) is 0 Å². The van der Waals surface area contributed by atoms with E-state index in [9.17, 15) is 9.90 Å². The summed E-state index contributed by atoms with van der Waals surface area (Å²) < 4.78 is 5.40. The van der Waals surface area contributed by atoms with Crippen molar-refractivity contribution in [2.75, 3.05) is 32.5 Å². The van der Waals surface area contributed by atoms with Crippen LogP contribution in [0.25, 0.3) is 10.9 Å². The second-order valence-corrected chi connectivity index (χ2v) is 10.8. The fraction of sp³-hybridized carbons (Fsp3) is 0.615. The van der Waals surface area contributed by atoms with Gasteiger partial charge in [0.25, 0.3) is 0 Å². The van der Waals surface area contributed by atoms with Crippen molar-refractivity contribution in [3.63, 3.8) is 0 Å². The molecule has 2 fully saturated rings. The third-order valence-corrected chi connectivity index (χ3v) is 8.65. The summed E-state index contributed by atoms with van der Waals surface area (Å²) >= 11 is 2.12. The number of aliphatic carboxylic acids is 1. The first kappa shape index (κ1) is 23.4. The van der Waals surface area contributed by atoms with Crippen molar-refractivity contribution >= 4 is 28.6 Å². The summed E-state index contributed by atoms with van der Waals surface area (Å²) in [4.78, 5) is 18.5. The molecule has 2 heterocycles. The Bertz CT molecular complexity index is 902. The molecule has 4 rings (SSSR count). The number of aromatic nitrogens is 1. The van der Waals surface area contributed by atoms with E-state index in [1.54, 1.807) is 7.11 Å². The first-order chi connectivity index (χ1) is 15.6. The average Bonchev–Trinajstić information content (AvgIpc) is 2.76. The van der Waals surface area contributed by atoms with Crippen molar-refractivity contribution in [2.24, 2.45) is 11.8 Å². The van der Waals surface area contributed by atoms with Gasteiger partial charge in [0.15, 0.2) is 0 Å². The highest BCUT2D eigenvalue weighted by molar-refractivity contribution is 7.99. The monoisotopic (exact) mass is 456 g/mol. The molecular weight excluding hydrogens is 420 g/mol. The molecule has 0 spiro atoms. The molecule has 1 N–H and O–H groups in total. The number of carbonyl (C=O) groups is 1. The molecular formula is C26H36N2O3S. The van der Waals surface area contributed by atoms with Crippen molar-refractivity contribution in [1.29, 1.82) is 0 Å². The lowest BCUT2D eigenvalue weighted by Crippen LogP contribution is -2.42. The van der Waals surface area contributed by atoms with Crippen molar-refractivity contribution in [2.45, 2.75) is 56.6 Å². The highest BCUT2D eigenvalue weighted by atomic mass is 32.2. The van der Waals surface area contributed by atoms with E-state index in [0.717, 1.165) is 67.2 Å². The number of aryl methyl sites for hydroxylation is 1. The van der Waals surface area contributed by atoms with Gasteiger partial charge in [-0.25, -0.2) is 0 Å². The molecule has 2 aromatic rings. The maximum Gasteiger partial charge on any atom is 0.303 e. The van der Waals surface area contributed by atoms with E-state index >= 15 is 0 Å². The highest BCUT2D eigenvalue weighted by Crippen LogP contribution is 2.33. The Morgan fingerprint density at radius 2 is 2.12 bits per heavy atom. The van der Waals surface area contributed by atoms with Gasteiger partial charge >= 0.3 is 5.97 Å². The number of fused-ring (bicyclic) bond motifs is 1. The van der Waals surface area contributed by atoms with Gasteiger partial charge in [0.05, 0.1) is 12.6 Å². The van der Waals surface area contributed by atoms with Crippen LogP contribution < -0.4 is 4.74 Å². The topological polar surface area (TPSA) is 62.7 Å². The number of ether oxygens (including phenoxy) is 1. The Kier molecular flexibility index (Phi) is 8.31. The zero-order valence-electron chi connectivity index (χ0n) is 19.2. The van der Waals surface area contributed by atoms with E-state index in [0.29, 0.717) is 12.3 Å². The fourth-order valence-corrected chi connectivity index (χ4v) is 6.53. The summed E-state index contributed by atoms with van der Waals surface area (Å²) in [5, 5.41) is 11.5. The summed E-state index contributed by atoms with van der Waals surface area (Å²) in [6, 6.07) is 8.15. The summed E-state index contributed by atoms with van der Waals surface area (Å²) in [5.41, 5.74) is 2.30. The van der Waals surface area contributed by atoms with Crippen LogP contribution in [0.3, 0.4) is 0 Å². The van der Waals surface area contributed by atoms with Crippen LogP contribution in [0, 0.1) is 11.8 Å². The van der Waals surface area contributed by atoms with Gasteiger partial charge in [-0.05, 0) is 86.7 Å². The minimum atomic E-state index is -0.655. The Morgan fingerprint density at radius 3 is 2.88 bits per heavy atom. The van der Waals surface area contributed by atoms with E-state index < -0.39 is 5.97 Å². The maximum absolute atomic E-state index is 11.5. The fourth-order valence-electron chi connectivity index (χ4n) is 5.16. The standard InChI is InChI=1S/C26H36N2O3S/c1-31-22-8-9-25-24(17-22)20(10-12-27-25)5-2-4-19-11-13-28(18-21(19)16-26(29)30)14-15-32-23-6-3-7-23/h8-10,12,17,19,21,23H,2-7,11,13-16,18H2,1H3,(H,29,30)/t19-,21+/m1/s1. The zero-order chi connectivity index (χ0) is 22.3. The molecule has 1 saturated carbocycles. The molecule has 1 saturated heterocycles. The lowest BCUT2D eigenvalue weighted by molar-refractivity contribution is -0.139. The summed E-state index contributed by atoms with van der Waals surface area (Å²) in [6.07, 6.45) is 10.6. The van der Waals surface area contributed by atoms with Gasteiger partial charge in [-0.3, -0.25) is 9.78 Å². The number of carboxylic acid groups (broad SMARTS) is 1. The zero-order valence-corrected chi connectivity index (χ0v) is 20.0. The van der Waals surface area contributed by atoms with Crippen LogP contribution in [-0.4, -0.2) is 58.7 Å². The quantitative estimate of drug-likeness (QED) is 0.497. The molecule has 0 radical (unpaired) electrons. The summed E-state index contributed by atoms with van der Waals surface area (Å²) in [6.45, 7) is 3.16. The van der Waals surface area contributed by atoms with Crippen LogP contribution in [-0.2, 0) is 11.2 Å². The van der Waals surface area contributed by atoms with Gasteiger partial charge in [-0.1, -0.05) is 6.42 Å². The van der Waals surface area contributed by atoms with Gasteiger partial charge in [-0.15, -0.1) is 0 Å². The largest absolute Gasteiger partial charge is 0.497 e. The SMILES string of the molecule is COc1ccc2nccc(CCC[C@@H]3CCN(CCSC4CCC4)C[C@@H]3CC(=O)O)c2c1. The number of pyridine rings is 1. The third-order valence-electron chi connectivity index (χ3n) is 7.29. The molecule has 2 atom stereocenters. The molecule has 0 amide bonds. The molecule has 32 heavy (non-hydrogen) atoms. The minimum absolute atomic E-state index is 0.268. The smallest absolute Gasteiger partial charge is 0.303 e. The average molecular weight is 457 g/mol. The van der Waals surface area contributed by atoms with Gasteiger partial charge < -0.3 is 14.7 Å². The predicted octanol–water partition coefficient (Wildman–Crippen LogP) is 5.26. The number of piperidine rings is 1. The lowest BCUT2D eigenvalue weighted by atomic mass is 9.80. The van der Waals surface area contributed by atoms with Crippen LogP contribution >= 0.6 is 11.8 Å². The number of carboxylic acids is 1. The van der Waals surface area contributed by atoms with Crippen molar-refractivity contribution in [3.05, 3.63) is 36.0 Å². The van der Waals surface area contributed by atoms with E-state index in [4.69, 9.17) is 4.74 Å². The minimum Gasteiger partial charge on any atom is -0.497 e. The number of thioether (sulfide) groups is 1. The molecule has 2 aliphatic rings. The van der Waals surface area contributed by atoms with Crippen LogP contribution in [0.1, 0.15) is 50.5 Å². The number of likely N-dealkylation sites (tertiary alicyclic amines) is 1. The van der Waals surface area contributed by atoms with Crippen LogP contribution in [0.15, 0.2) is 30.5 Å². The van der Waals surface area contributed by atoms with Crippen LogP contribution in [0.4, 0.5) is 0 Å². The number of hydrogen-bond donors (Lipinski definition) is 1. The number of methoxy groups -OCH3 is 1. The number of nitrogens with zero attached hydrogens (tertiary/aromatic N) is 2. The van der Waals surface area contributed by atoms with Gasteiger partial charge in [0.1, 0.15) is 5.75 Å². The van der Waals surface area contributed by atoms with Gasteiger partial charge in [-0.2, -0.15) is 11.8 Å². The van der Waals surface area contributed by atoms with Crippen molar-refractivity contribution in [1.82, 2.24) is 9.88 Å². The summed E-state index contributed by atoms with van der Waals surface area (Å²) in [5.74, 6) is 2.16. The lowest BCUT2D eigenvalue weighted by Gasteiger charge is -2.38. The van der Waals surface area contributed by atoms with Crippen LogP contribution in [0.5, 0.6) is 5.75 Å². The predicted molar refractivity (Wildman–Crippen MR) is 132 cm³/mol. The Morgan fingerprint density at radius 1 is 1.25 bits per heavy atom. The molecule has 6 heteroatoms. The Labute approximate surface area is 195 Å². The second-order valence-electron chi connectivity index (χ2n) is 9.38. The third kappa shape index (κ3) is 6.16. The molecule has 0 unspecified atom stereocenters. The Balaban J connectivity index is 1.30. The second kappa shape index (κ2) is 11.4. The molecule has 5 nitrogen and oxygen atoms in total. The molecule has 174 valence electrons. The normalized spacial score (nSPS) is 22.0. The van der Waals surface area contributed by atoms with E-state index in [2.05, 4.69) is 33.8 Å². The first-order valence-corrected chi connectivity index (χ1v) is 13.1.